The molecule has 0 fully saturated rings. The number of methoxy groups -OCH3 is 3. The highest BCUT2D eigenvalue weighted by Crippen LogP contribution is 2.40. The van der Waals surface area contributed by atoms with Crippen molar-refractivity contribution in [3.8, 4) is 28.5 Å². The van der Waals surface area contributed by atoms with Gasteiger partial charge in [0.1, 0.15) is 5.82 Å². The van der Waals surface area contributed by atoms with Crippen LogP contribution >= 0.6 is 0 Å². The summed E-state index contributed by atoms with van der Waals surface area (Å²) in [5.74, 6) is 2.42. The molecule has 2 aromatic carbocycles. The van der Waals surface area contributed by atoms with E-state index in [0.29, 0.717) is 23.1 Å². The van der Waals surface area contributed by atoms with Gasteiger partial charge in [-0.2, -0.15) is 0 Å². The van der Waals surface area contributed by atoms with Crippen molar-refractivity contribution in [1.82, 2.24) is 9.97 Å². The van der Waals surface area contributed by atoms with E-state index in [1.165, 1.54) is 0 Å². The number of hydrogen-bond acceptors (Lipinski definition) is 5. The predicted molar refractivity (Wildman–Crippen MR) is 111 cm³/mol. The van der Waals surface area contributed by atoms with E-state index in [2.05, 4.69) is 33.5 Å². The molecule has 0 aliphatic carbocycles. The van der Waals surface area contributed by atoms with E-state index in [9.17, 15) is 0 Å². The molecular formula is C22H21N3O3. The Morgan fingerprint density at radius 1 is 0.857 bits per heavy atom. The monoisotopic (exact) mass is 375 g/mol. The number of rotatable bonds is 6. The summed E-state index contributed by atoms with van der Waals surface area (Å²) in [6, 6.07) is 18.0. The molecule has 0 bridgehead atoms. The molecule has 0 spiro atoms. The Morgan fingerprint density at radius 3 is 2.21 bits per heavy atom. The molecule has 4 rings (SSSR count). The van der Waals surface area contributed by atoms with E-state index in [1.54, 1.807) is 21.3 Å². The minimum absolute atomic E-state index is 0.552. The van der Waals surface area contributed by atoms with Crippen molar-refractivity contribution in [2.75, 3.05) is 26.6 Å². The molecule has 2 N–H and O–H groups in total. The number of aromatic amines is 1. The normalized spacial score (nSPS) is 10.7. The standard InChI is InChI=1S/C22H21N3O3/c1-26-19-10-16(11-20(27-2)22(19)28-3)24-21-12-18-15(13-23-21)9-17(25-18)14-7-5-4-6-8-14/h4-13,25H,1-3H3,(H,23,24). The van der Waals surface area contributed by atoms with Crippen LogP contribution in [0.4, 0.5) is 11.5 Å². The van der Waals surface area contributed by atoms with Crippen molar-refractivity contribution in [2.45, 2.75) is 0 Å². The summed E-state index contributed by atoms with van der Waals surface area (Å²) < 4.78 is 16.2. The van der Waals surface area contributed by atoms with Crippen molar-refractivity contribution in [1.29, 1.82) is 0 Å². The van der Waals surface area contributed by atoms with Crippen molar-refractivity contribution in [2.24, 2.45) is 0 Å². The highest BCUT2D eigenvalue weighted by atomic mass is 16.5. The summed E-state index contributed by atoms with van der Waals surface area (Å²) in [7, 11) is 4.77. The molecule has 0 amide bonds. The van der Waals surface area contributed by atoms with E-state index in [-0.39, 0.29) is 0 Å². The third-order valence-corrected chi connectivity index (χ3v) is 4.53. The second-order valence-electron chi connectivity index (χ2n) is 6.24. The number of fused-ring (bicyclic) bond motifs is 1. The van der Waals surface area contributed by atoms with Gasteiger partial charge in [0, 0.05) is 41.2 Å². The third kappa shape index (κ3) is 3.32. The zero-order valence-corrected chi connectivity index (χ0v) is 15.9. The minimum Gasteiger partial charge on any atom is -0.493 e. The first-order chi connectivity index (χ1) is 13.7. The molecule has 0 unspecified atom stereocenters. The third-order valence-electron chi connectivity index (χ3n) is 4.53. The SMILES string of the molecule is COc1cc(Nc2cc3[nH]c(-c4ccccc4)cc3cn2)cc(OC)c1OC. The first-order valence-electron chi connectivity index (χ1n) is 8.83. The van der Waals surface area contributed by atoms with Gasteiger partial charge in [-0.15, -0.1) is 0 Å². The number of anilines is 2. The van der Waals surface area contributed by atoms with Gasteiger partial charge < -0.3 is 24.5 Å². The number of H-pyrrole nitrogens is 1. The Kier molecular flexibility index (Phi) is 4.76. The average molecular weight is 375 g/mol. The lowest BCUT2D eigenvalue weighted by atomic mass is 10.1. The van der Waals surface area contributed by atoms with Gasteiger partial charge in [0.15, 0.2) is 11.5 Å². The van der Waals surface area contributed by atoms with E-state index in [4.69, 9.17) is 14.2 Å². The lowest BCUT2D eigenvalue weighted by molar-refractivity contribution is 0.324. The van der Waals surface area contributed by atoms with Gasteiger partial charge in [0.05, 0.1) is 26.8 Å². The Bertz CT molecular complexity index is 1080. The number of hydrogen-bond donors (Lipinski definition) is 2. The summed E-state index contributed by atoms with van der Waals surface area (Å²) in [6.07, 6.45) is 1.85. The zero-order valence-electron chi connectivity index (χ0n) is 15.9. The maximum atomic E-state index is 5.41. The highest BCUT2D eigenvalue weighted by molar-refractivity contribution is 5.87. The van der Waals surface area contributed by atoms with Crippen LogP contribution in [0.2, 0.25) is 0 Å². The van der Waals surface area contributed by atoms with Crippen LogP contribution in [0.15, 0.2) is 60.8 Å². The lowest BCUT2D eigenvalue weighted by Crippen LogP contribution is -1.98. The van der Waals surface area contributed by atoms with Crippen LogP contribution in [-0.2, 0) is 0 Å². The summed E-state index contributed by atoms with van der Waals surface area (Å²) in [5.41, 5.74) is 3.99. The van der Waals surface area contributed by atoms with Gasteiger partial charge in [-0.1, -0.05) is 30.3 Å². The first kappa shape index (κ1) is 17.7. The summed E-state index contributed by atoms with van der Waals surface area (Å²) in [4.78, 5) is 7.97. The smallest absolute Gasteiger partial charge is 0.203 e. The van der Waals surface area contributed by atoms with E-state index < -0.39 is 0 Å². The van der Waals surface area contributed by atoms with Crippen LogP contribution in [0.25, 0.3) is 22.2 Å². The molecule has 0 aliphatic rings. The summed E-state index contributed by atoms with van der Waals surface area (Å²) in [6.45, 7) is 0. The second kappa shape index (κ2) is 7.52. The maximum Gasteiger partial charge on any atom is 0.203 e. The van der Waals surface area contributed by atoms with Crippen molar-refractivity contribution in [3.05, 3.63) is 60.8 Å². The summed E-state index contributed by atoms with van der Waals surface area (Å²) in [5, 5.41) is 4.35. The van der Waals surface area contributed by atoms with Gasteiger partial charge in [-0.05, 0) is 11.6 Å². The molecule has 6 nitrogen and oxygen atoms in total. The maximum absolute atomic E-state index is 5.41. The molecule has 0 aliphatic heterocycles. The fourth-order valence-electron chi connectivity index (χ4n) is 3.17. The molecule has 2 aromatic heterocycles. The molecule has 0 saturated carbocycles. The van der Waals surface area contributed by atoms with Gasteiger partial charge >= 0.3 is 0 Å². The Hall–Kier alpha value is -3.67. The number of pyridine rings is 1. The molecule has 28 heavy (non-hydrogen) atoms. The number of ether oxygens (including phenoxy) is 3. The number of aromatic nitrogens is 2. The molecule has 142 valence electrons. The predicted octanol–water partition coefficient (Wildman–Crippen LogP) is 5.00. The molecule has 0 radical (unpaired) electrons. The fraction of sp³-hybridized carbons (Fsp3) is 0.136. The molecule has 6 heteroatoms. The van der Waals surface area contributed by atoms with Crippen LogP contribution < -0.4 is 19.5 Å². The van der Waals surface area contributed by atoms with E-state index in [1.807, 2.05) is 42.6 Å². The summed E-state index contributed by atoms with van der Waals surface area (Å²) >= 11 is 0. The molecule has 0 atom stereocenters. The molecule has 4 aromatic rings. The molecule has 0 saturated heterocycles. The van der Waals surface area contributed by atoms with Crippen LogP contribution in [0.3, 0.4) is 0 Å². The highest BCUT2D eigenvalue weighted by Gasteiger charge is 2.14. The first-order valence-corrected chi connectivity index (χ1v) is 8.83. The quantitative estimate of drug-likeness (QED) is 0.496. The van der Waals surface area contributed by atoms with Crippen molar-refractivity contribution < 1.29 is 14.2 Å². The van der Waals surface area contributed by atoms with Gasteiger partial charge in [-0.25, -0.2) is 4.98 Å². The fourth-order valence-corrected chi connectivity index (χ4v) is 3.17. The van der Waals surface area contributed by atoms with Crippen LogP contribution in [0.5, 0.6) is 17.2 Å². The lowest BCUT2D eigenvalue weighted by Gasteiger charge is -2.14. The Morgan fingerprint density at radius 2 is 1.57 bits per heavy atom. The second-order valence-corrected chi connectivity index (χ2v) is 6.24. The number of benzene rings is 2. The van der Waals surface area contributed by atoms with E-state index >= 15 is 0 Å². The van der Waals surface area contributed by atoms with Crippen LogP contribution in [-0.4, -0.2) is 31.3 Å². The van der Waals surface area contributed by atoms with Crippen molar-refractivity contribution >= 4 is 22.4 Å². The van der Waals surface area contributed by atoms with Gasteiger partial charge in [-0.3, -0.25) is 0 Å². The molecular weight excluding hydrogens is 354 g/mol. The molecule has 2 heterocycles. The average Bonchev–Trinajstić information content (AvgIpc) is 3.17. The van der Waals surface area contributed by atoms with Gasteiger partial charge in [0.2, 0.25) is 5.75 Å². The largest absolute Gasteiger partial charge is 0.493 e. The van der Waals surface area contributed by atoms with Crippen molar-refractivity contribution in [3.63, 3.8) is 0 Å². The Balaban J connectivity index is 1.67. The van der Waals surface area contributed by atoms with E-state index in [0.717, 1.165) is 27.8 Å². The van der Waals surface area contributed by atoms with Crippen LogP contribution in [0.1, 0.15) is 0 Å². The zero-order chi connectivity index (χ0) is 19.5. The van der Waals surface area contributed by atoms with Crippen LogP contribution in [0, 0.1) is 0 Å². The van der Waals surface area contributed by atoms with Gasteiger partial charge in [0.25, 0.3) is 0 Å². The topological polar surface area (TPSA) is 68.4 Å². The minimum atomic E-state index is 0.552. The number of nitrogens with one attached hydrogen (secondary N) is 2. The Labute approximate surface area is 163 Å². The number of nitrogens with zero attached hydrogens (tertiary/aromatic N) is 1.